The average Bonchev–Trinajstić information content (AvgIpc) is 2.31. The van der Waals surface area contributed by atoms with Gasteiger partial charge >= 0.3 is 0 Å². The molecule has 1 amide bonds. The molecule has 0 spiro atoms. The number of carbonyl (C=O) groups is 1. The second-order valence-electron chi connectivity index (χ2n) is 4.40. The van der Waals surface area contributed by atoms with Crippen molar-refractivity contribution < 1.29 is 4.79 Å². The van der Waals surface area contributed by atoms with E-state index in [1.807, 2.05) is 11.8 Å². The van der Waals surface area contributed by atoms with Crippen LogP contribution in [0.5, 0.6) is 0 Å². The zero-order valence-electron chi connectivity index (χ0n) is 10.9. The predicted molar refractivity (Wildman–Crippen MR) is 69.9 cm³/mol. The third-order valence-corrected chi connectivity index (χ3v) is 9.87. The number of amides is 1. The Labute approximate surface area is 96.1 Å². The number of carbonyl (C=O) groups excluding carboxylic acids is 1. The maximum Gasteiger partial charge on any atom is 0.209 e. The molecule has 2 nitrogen and oxygen atoms in total. The summed E-state index contributed by atoms with van der Waals surface area (Å²) in [4.78, 5) is 12.5. The SMILES string of the molecule is CCN(C=O)CCC[Si](CC)(CC)CC. The molecule has 0 saturated heterocycles. The van der Waals surface area contributed by atoms with E-state index in [0.717, 1.165) is 19.5 Å². The summed E-state index contributed by atoms with van der Waals surface area (Å²) in [7, 11) is -0.952. The van der Waals surface area contributed by atoms with Gasteiger partial charge in [-0.15, -0.1) is 0 Å². The van der Waals surface area contributed by atoms with Crippen molar-refractivity contribution in [3.8, 4) is 0 Å². The molecular weight excluding hydrogens is 202 g/mol. The minimum atomic E-state index is -0.952. The topological polar surface area (TPSA) is 20.3 Å². The molecule has 0 aromatic carbocycles. The predicted octanol–water partition coefficient (Wildman–Crippen LogP) is 3.36. The maximum atomic E-state index is 10.6. The van der Waals surface area contributed by atoms with E-state index < -0.39 is 8.07 Å². The van der Waals surface area contributed by atoms with Crippen LogP contribution in [0, 0.1) is 0 Å². The summed E-state index contributed by atoms with van der Waals surface area (Å²) >= 11 is 0. The Balaban J connectivity index is 3.94. The number of hydrogen-bond donors (Lipinski definition) is 0. The van der Waals surface area contributed by atoms with Crippen LogP contribution >= 0.6 is 0 Å². The Kier molecular flexibility index (Phi) is 7.75. The minimum absolute atomic E-state index is 0.850. The zero-order chi connectivity index (χ0) is 11.7. The first-order chi connectivity index (χ1) is 7.17. The molecule has 0 aliphatic carbocycles. The number of rotatable bonds is 9. The highest BCUT2D eigenvalue weighted by atomic mass is 28.3. The van der Waals surface area contributed by atoms with Crippen LogP contribution in [0.15, 0.2) is 0 Å². The van der Waals surface area contributed by atoms with E-state index >= 15 is 0 Å². The zero-order valence-corrected chi connectivity index (χ0v) is 11.9. The van der Waals surface area contributed by atoms with Gasteiger partial charge in [-0.25, -0.2) is 0 Å². The van der Waals surface area contributed by atoms with E-state index in [9.17, 15) is 4.79 Å². The molecule has 15 heavy (non-hydrogen) atoms. The number of nitrogens with zero attached hydrogens (tertiary/aromatic N) is 1. The van der Waals surface area contributed by atoms with Gasteiger partial charge < -0.3 is 4.90 Å². The van der Waals surface area contributed by atoms with Crippen molar-refractivity contribution in [1.29, 1.82) is 0 Å². The van der Waals surface area contributed by atoms with Crippen molar-refractivity contribution in [3.05, 3.63) is 0 Å². The second-order valence-corrected chi connectivity index (χ2v) is 10.0. The molecule has 0 fully saturated rings. The molecule has 90 valence electrons. The summed E-state index contributed by atoms with van der Waals surface area (Å²) in [5.41, 5.74) is 0. The Hall–Kier alpha value is -0.313. The van der Waals surface area contributed by atoms with Gasteiger partial charge in [-0.05, 0) is 13.3 Å². The molecule has 0 unspecified atom stereocenters. The maximum absolute atomic E-state index is 10.6. The lowest BCUT2D eigenvalue weighted by molar-refractivity contribution is -0.118. The summed E-state index contributed by atoms with van der Waals surface area (Å²) in [5, 5.41) is 0. The standard InChI is InChI=1S/C12H27NOSi/c1-5-13(12-14)10-9-11-15(6-2,7-3)8-4/h12H,5-11H2,1-4H3. The van der Waals surface area contributed by atoms with Gasteiger partial charge in [0.1, 0.15) is 0 Å². The fraction of sp³-hybridized carbons (Fsp3) is 0.917. The van der Waals surface area contributed by atoms with Gasteiger partial charge in [0, 0.05) is 13.1 Å². The molecule has 0 bridgehead atoms. The van der Waals surface area contributed by atoms with E-state index in [2.05, 4.69) is 20.8 Å². The first-order valence-electron chi connectivity index (χ1n) is 6.37. The van der Waals surface area contributed by atoms with Crippen LogP contribution in [0.25, 0.3) is 0 Å². The van der Waals surface area contributed by atoms with Crippen LogP contribution in [-0.4, -0.2) is 32.5 Å². The first-order valence-corrected chi connectivity index (χ1v) is 9.20. The second kappa shape index (κ2) is 7.91. The number of hydrogen-bond acceptors (Lipinski definition) is 1. The summed E-state index contributed by atoms with van der Waals surface area (Å²) in [6, 6.07) is 5.58. The Bertz CT molecular complexity index is 161. The van der Waals surface area contributed by atoms with Crippen molar-refractivity contribution in [2.45, 2.75) is 58.3 Å². The molecule has 0 aromatic rings. The molecule has 0 aliphatic heterocycles. The molecule has 0 radical (unpaired) electrons. The first kappa shape index (κ1) is 14.7. The monoisotopic (exact) mass is 229 g/mol. The molecule has 0 aromatic heterocycles. The third-order valence-electron chi connectivity index (χ3n) is 3.96. The van der Waals surface area contributed by atoms with Gasteiger partial charge in [0.05, 0.1) is 8.07 Å². The molecular formula is C12H27NOSi. The molecule has 0 heterocycles. The minimum Gasteiger partial charge on any atom is -0.346 e. The Morgan fingerprint density at radius 2 is 1.60 bits per heavy atom. The van der Waals surface area contributed by atoms with Gasteiger partial charge in [-0.2, -0.15) is 0 Å². The molecule has 0 saturated carbocycles. The van der Waals surface area contributed by atoms with Crippen molar-refractivity contribution in [2.75, 3.05) is 13.1 Å². The molecule has 0 rings (SSSR count). The summed E-state index contributed by atoms with van der Waals surface area (Å²) < 4.78 is 0. The van der Waals surface area contributed by atoms with Crippen molar-refractivity contribution >= 4 is 14.5 Å². The smallest absolute Gasteiger partial charge is 0.209 e. The molecule has 3 heteroatoms. The van der Waals surface area contributed by atoms with Crippen molar-refractivity contribution in [1.82, 2.24) is 4.90 Å². The van der Waals surface area contributed by atoms with E-state index in [0.29, 0.717) is 0 Å². The van der Waals surface area contributed by atoms with Crippen LogP contribution in [0.1, 0.15) is 34.1 Å². The van der Waals surface area contributed by atoms with Gasteiger partial charge in [0.25, 0.3) is 0 Å². The lowest BCUT2D eigenvalue weighted by Crippen LogP contribution is -2.32. The fourth-order valence-electron chi connectivity index (χ4n) is 2.22. The fourth-order valence-corrected chi connectivity index (χ4v) is 5.69. The Morgan fingerprint density at radius 3 is 1.93 bits per heavy atom. The van der Waals surface area contributed by atoms with E-state index in [1.54, 1.807) is 0 Å². The van der Waals surface area contributed by atoms with Crippen molar-refractivity contribution in [2.24, 2.45) is 0 Å². The highest BCUT2D eigenvalue weighted by Crippen LogP contribution is 2.26. The summed E-state index contributed by atoms with van der Waals surface area (Å²) in [5.74, 6) is 0. The van der Waals surface area contributed by atoms with Crippen LogP contribution in [0.3, 0.4) is 0 Å². The van der Waals surface area contributed by atoms with Gasteiger partial charge in [-0.1, -0.05) is 44.9 Å². The highest BCUT2D eigenvalue weighted by molar-refractivity contribution is 6.79. The largest absolute Gasteiger partial charge is 0.346 e. The normalized spacial score (nSPS) is 11.5. The summed E-state index contributed by atoms with van der Waals surface area (Å²) in [6.45, 7) is 10.9. The van der Waals surface area contributed by atoms with Gasteiger partial charge in [0.2, 0.25) is 6.41 Å². The van der Waals surface area contributed by atoms with Crippen LogP contribution in [-0.2, 0) is 4.79 Å². The van der Waals surface area contributed by atoms with Crippen LogP contribution < -0.4 is 0 Å². The lowest BCUT2D eigenvalue weighted by atomic mass is 10.4. The van der Waals surface area contributed by atoms with E-state index in [1.165, 1.54) is 30.6 Å². The highest BCUT2D eigenvalue weighted by Gasteiger charge is 2.25. The lowest BCUT2D eigenvalue weighted by Gasteiger charge is -2.28. The Morgan fingerprint density at radius 1 is 1.07 bits per heavy atom. The summed E-state index contributed by atoms with van der Waals surface area (Å²) in [6.07, 6.45) is 2.18. The van der Waals surface area contributed by atoms with Crippen LogP contribution in [0.2, 0.25) is 24.2 Å². The van der Waals surface area contributed by atoms with Crippen LogP contribution in [0.4, 0.5) is 0 Å². The molecule has 0 aliphatic rings. The van der Waals surface area contributed by atoms with E-state index in [-0.39, 0.29) is 0 Å². The average molecular weight is 229 g/mol. The van der Waals surface area contributed by atoms with E-state index in [4.69, 9.17) is 0 Å². The molecule has 0 atom stereocenters. The van der Waals surface area contributed by atoms with Gasteiger partial charge in [-0.3, -0.25) is 4.79 Å². The quantitative estimate of drug-likeness (QED) is 0.438. The van der Waals surface area contributed by atoms with Gasteiger partial charge in [0.15, 0.2) is 0 Å². The van der Waals surface area contributed by atoms with Crippen molar-refractivity contribution in [3.63, 3.8) is 0 Å². The third kappa shape index (κ3) is 4.82. The molecule has 0 N–H and O–H groups in total.